The number of aryl methyl sites for hydroxylation is 1. The van der Waals surface area contributed by atoms with Crippen molar-refractivity contribution in [2.24, 2.45) is 0 Å². The van der Waals surface area contributed by atoms with Gasteiger partial charge in [-0.05, 0) is 35.6 Å². The van der Waals surface area contributed by atoms with Crippen molar-refractivity contribution in [1.82, 2.24) is 0 Å². The van der Waals surface area contributed by atoms with Gasteiger partial charge in [0.15, 0.2) is 0 Å². The zero-order chi connectivity index (χ0) is 18.6. The fourth-order valence-corrected chi connectivity index (χ4v) is 2.76. The number of anilines is 2. The number of nitrogens with one attached hydrogen (secondary N) is 1. The van der Waals surface area contributed by atoms with Crippen LogP contribution >= 0.6 is 0 Å². The number of hydrogen-bond acceptors (Lipinski definition) is 2. The maximum atomic E-state index is 12.5. The lowest BCUT2D eigenvalue weighted by Crippen LogP contribution is -2.38. The number of para-hydroxylation sites is 2. The van der Waals surface area contributed by atoms with Crippen molar-refractivity contribution in [3.63, 3.8) is 0 Å². The predicted octanol–water partition coefficient (Wildman–Crippen LogP) is 4.28. The molecule has 1 N–H and O–H groups in total. The highest BCUT2D eigenvalue weighted by Gasteiger charge is 2.24. The molecule has 2 aromatic rings. The summed E-state index contributed by atoms with van der Waals surface area (Å²) >= 11 is 0. The van der Waals surface area contributed by atoms with Crippen LogP contribution in [-0.2, 0) is 15.0 Å². The van der Waals surface area contributed by atoms with Crippen molar-refractivity contribution < 1.29 is 9.59 Å². The Bertz CT molecular complexity index is 775. The summed E-state index contributed by atoms with van der Waals surface area (Å²) in [4.78, 5) is 26.3. The van der Waals surface area contributed by atoms with Gasteiger partial charge in [0.1, 0.15) is 6.54 Å². The highest BCUT2D eigenvalue weighted by atomic mass is 16.2. The van der Waals surface area contributed by atoms with Gasteiger partial charge in [0, 0.05) is 18.3 Å². The zero-order valence-electron chi connectivity index (χ0n) is 15.6. The molecular formula is C21H26N2O2. The molecule has 0 aromatic heterocycles. The molecule has 2 aromatic carbocycles. The van der Waals surface area contributed by atoms with Crippen molar-refractivity contribution in [2.75, 3.05) is 16.8 Å². The van der Waals surface area contributed by atoms with Crippen molar-refractivity contribution in [3.8, 4) is 0 Å². The molecule has 4 nitrogen and oxygen atoms in total. The molecule has 2 rings (SSSR count). The number of rotatable bonds is 4. The minimum absolute atomic E-state index is 0.0171. The first-order valence-electron chi connectivity index (χ1n) is 8.43. The Morgan fingerprint density at radius 1 is 1.00 bits per heavy atom. The third kappa shape index (κ3) is 4.69. The van der Waals surface area contributed by atoms with Gasteiger partial charge in [0.25, 0.3) is 0 Å². The van der Waals surface area contributed by atoms with E-state index in [1.165, 1.54) is 11.8 Å². The minimum atomic E-state index is -0.215. The van der Waals surface area contributed by atoms with Gasteiger partial charge in [-0.2, -0.15) is 0 Å². The minimum Gasteiger partial charge on any atom is -0.324 e. The van der Waals surface area contributed by atoms with Crippen LogP contribution in [0, 0.1) is 6.92 Å². The smallest absolute Gasteiger partial charge is 0.244 e. The van der Waals surface area contributed by atoms with Crippen LogP contribution in [-0.4, -0.2) is 18.4 Å². The molecule has 0 fully saturated rings. The van der Waals surface area contributed by atoms with Crippen molar-refractivity contribution in [2.45, 2.75) is 40.0 Å². The standard InChI is InChI=1S/C21H26N2O2/c1-15-10-6-8-12-18(15)22-20(25)14-23(16(2)24)19-13-9-7-11-17(19)21(3,4)5/h6-13H,14H2,1-5H3,(H,22,25). The third-order valence-electron chi connectivity index (χ3n) is 4.10. The van der Waals surface area contributed by atoms with Crippen LogP contribution in [0.2, 0.25) is 0 Å². The Morgan fingerprint density at radius 3 is 2.20 bits per heavy atom. The molecule has 0 aliphatic carbocycles. The first-order chi connectivity index (χ1) is 11.7. The number of amides is 2. The average Bonchev–Trinajstić information content (AvgIpc) is 2.54. The Hall–Kier alpha value is -2.62. The number of nitrogens with zero attached hydrogens (tertiary/aromatic N) is 1. The van der Waals surface area contributed by atoms with E-state index >= 15 is 0 Å². The second-order valence-electron chi connectivity index (χ2n) is 7.24. The maximum Gasteiger partial charge on any atom is 0.244 e. The molecule has 0 heterocycles. The van der Waals surface area contributed by atoms with Gasteiger partial charge in [-0.15, -0.1) is 0 Å². The predicted molar refractivity (Wildman–Crippen MR) is 103 cm³/mol. The summed E-state index contributed by atoms with van der Waals surface area (Å²) in [6.45, 7) is 9.69. The van der Waals surface area contributed by atoms with Crippen LogP contribution in [0.3, 0.4) is 0 Å². The van der Waals surface area contributed by atoms with Crippen LogP contribution in [0.15, 0.2) is 48.5 Å². The summed E-state index contributed by atoms with van der Waals surface area (Å²) in [5, 5.41) is 2.89. The quantitative estimate of drug-likeness (QED) is 0.904. The highest BCUT2D eigenvalue weighted by molar-refractivity contribution is 6.02. The van der Waals surface area contributed by atoms with E-state index in [1.54, 1.807) is 0 Å². The summed E-state index contributed by atoms with van der Waals surface area (Å²) < 4.78 is 0. The fourth-order valence-electron chi connectivity index (χ4n) is 2.76. The number of carbonyl (C=O) groups is 2. The van der Waals surface area contributed by atoms with Crippen molar-refractivity contribution >= 4 is 23.2 Å². The van der Waals surface area contributed by atoms with Gasteiger partial charge in [-0.1, -0.05) is 57.2 Å². The molecule has 0 spiro atoms. The number of benzene rings is 2. The zero-order valence-corrected chi connectivity index (χ0v) is 15.6. The molecule has 0 aliphatic rings. The third-order valence-corrected chi connectivity index (χ3v) is 4.10. The summed E-state index contributed by atoms with van der Waals surface area (Å²) in [5.74, 6) is -0.371. The summed E-state index contributed by atoms with van der Waals surface area (Å²) in [6, 6.07) is 15.3. The average molecular weight is 338 g/mol. The van der Waals surface area contributed by atoms with Crippen LogP contribution in [0.25, 0.3) is 0 Å². The first-order valence-corrected chi connectivity index (χ1v) is 8.43. The second-order valence-corrected chi connectivity index (χ2v) is 7.24. The van der Waals surface area contributed by atoms with Gasteiger partial charge in [0.05, 0.1) is 0 Å². The molecule has 0 radical (unpaired) electrons. The molecule has 132 valence electrons. The fraction of sp³-hybridized carbons (Fsp3) is 0.333. The SMILES string of the molecule is CC(=O)N(CC(=O)Nc1ccccc1C)c1ccccc1C(C)(C)C. The van der Waals surface area contributed by atoms with Gasteiger partial charge in [0.2, 0.25) is 11.8 Å². The lowest BCUT2D eigenvalue weighted by molar-refractivity contribution is -0.120. The van der Waals surface area contributed by atoms with E-state index < -0.39 is 0 Å². The lowest BCUT2D eigenvalue weighted by Gasteiger charge is -2.29. The van der Waals surface area contributed by atoms with Crippen molar-refractivity contribution in [3.05, 3.63) is 59.7 Å². The summed E-state index contributed by atoms with van der Waals surface area (Å²) in [6.07, 6.45) is 0. The molecule has 0 saturated heterocycles. The molecule has 25 heavy (non-hydrogen) atoms. The van der Waals surface area contributed by atoms with Gasteiger partial charge in [-0.3, -0.25) is 9.59 Å². The van der Waals surface area contributed by atoms with Crippen LogP contribution in [0.1, 0.15) is 38.8 Å². The molecule has 2 amide bonds. The Morgan fingerprint density at radius 2 is 1.60 bits per heavy atom. The van der Waals surface area contributed by atoms with E-state index in [1.807, 2.05) is 55.5 Å². The monoisotopic (exact) mass is 338 g/mol. The van der Waals surface area contributed by atoms with E-state index in [0.717, 1.165) is 22.5 Å². The maximum absolute atomic E-state index is 12.5. The van der Waals surface area contributed by atoms with Gasteiger partial charge >= 0.3 is 0 Å². The van der Waals surface area contributed by atoms with Gasteiger partial charge in [-0.25, -0.2) is 0 Å². The van der Waals surface area contributed by atoms with Crippen LogP contribution < -0.4 is 10.2 Å². The first kappa shape index (κ1) is 18.7. The molecule has 0 atom stereocenters. The molecule has 0 aliphatic heterocycles. The molecule has 0 unspecified atom stereocenters. The van der Waals surface area contributed by atoms with E-state index in [4.69, 9.17) is 0 Å². The van der Waals surface area contributed by atoms with E-state index in [-0.39, 0.29) is 23.8 Å². The Labute approximate surface area is 149 Å². The largest absolute Gasteiger partial charge is 0.324 e. The van der Waals surface area contributed by atoms with Crippen molar-refractivity contribution in [1.29, 1.82) is 0 Å². The van der Waals surface area contributed by atoms with E-state index in [2.05, 4.69) is 26.1 Å². The summed E-state index contributed by atoms with van der Waals surface area (Å²) in [7, 11) is 0. The normalized spacial score (nSPS) is 11.1. The Kier molecular flexibility index (Phi) is 5.62. The molecule has 0 bridgehead atoms. The van der Waals surface area contributed by atoms with E-state index in [0.29, 0.717) is 0 Å². The number of carbonyl (C=O) groups excluding carboxylic acids is 2. The van der Waals surface area contributed by atoms with Crippen LogP contribution in [0.4, 0.5) is 11.4 Å². The van der Waals surface area contributed by atoms with Crippen LogP contribution in [0.5, 0.6) is 0 Å². The molecule has 4 heteroatoms. The molecule has 0 saturated carbocycles. The Balaban J connectivity index is 2.27. The highest BCUT2D eigenvalue weighted by Crippen LogP contribution is 2.32. The van der Waals surface area contributed by atoms with E-state index in [9.17, 15) is 9.59 Å². The topological polar surface area (TPSA) is 49.4 Å². The lowest BCUT2D eigenvalue weighted by atomic mass is 9.85. The molecular weight excluding hydrogens is 312 g/mol. The number of hydrogen-bond donors (Lipinski definition) is 1. The van der Waals surface area contributed by atoms with Gasteiger partial charge < -0.3 is 10.2 Å². The second kappa shape index (κ2) is 7.51. The summed E-state index contributed by atoms with van der Waals surface area (Å²) in [5.41, 5.74) is 3.44.